The molecule has 0 spiro atoms. The van der Waals surface area contributed by atoms with E-state index in [1.807, 2.05) is 0 Å². The summed E-state index contributed by atoms with van der Waals surface area (Å²) in [6.45, 7) is 2.42. The summed E-state index contributed by atoms with van der Waals surface area (Å²) in [7, 11) is 0. The van der Waals surface area contributed by atoms with E-state index in [4.69, 9.17) is 15.6 Å². The number of aliphatic hydroxyl groups is 1. The largest absolute Gasteiger partial charge is 0.396 e. The summed E-state index contributed by atoms with van der Waals surface area (Å²) in [6, 6.07) is -0.157. The van der Waals surface area contributed by atoms with Crippen LogP contribution in [-0.2, 0) is 9.53 Å². The van der Waals surface area contributed by atoms with Crippen molar-refractivity contribution < 1.29 is 14.6 Å². The van der Waals surface area contributed by atoms with Gasteiger partial charge in [0.1, 0.15) is 0 Å². The number of likely N-dealkylation sites (tertiary alicyclic amines) is 1. The average Bonchev–Trinajstić information content (AvgIpc) is 2.49. The number of ether oxygens (including phenoxy) is 1. The van der Waals surface area contributed by atoms with E-state index in [1.54, 1.807) is 4.90 Å². The van der Waals surface area contributed by atoms with Crippen molar-refractivity contribution in [3.8, 4) is 0 Å². The van der Waals surface area contributed by atoms with Crippen molar-refractivity contribution in [1.82, 2.24) is 4.90 Å². The zero-order valence-electron chi connectivity index (χ0n) is 8.06. The highest BCUT2D eigenvalue weighted by Crippen LogP contribution is 2.21. The number of carbonyl (C=O) groups excluding carboxylic acids is 1. The number of amides is 1. The number of hydrogen-bond acceptors (Lipinski definition) is 4. The molecular weight excluding hydrogens is 184 g/mol. The van der Waals surface area contributed by atoms with Crippen molar-refractivity contribution in [3.05, 3.63) is 0 Å². The molecule has 2 atom stereocenters. The fourth-order valence-electron chi connectivity index (χ4n) is 1.93. The second kappa shape index (κ2) is 3.84. The van der Waals surface area contributed by atoms with Crippen molar-refractivity contribution in [2.75, 3.05) is 32.9 Å². The summed E-state index contributed by atoms with van der Waals surface area (Å²) in [5.41, 5.74) is 5.74. The summed E-state index contributed by atoms with van der Waals surface area (Å²) in [6.07, 6.45) is 0. The van der Waals surface area contributed by atoms with E-state index in [9.17, 15) is 4.79 Å². The molecule has 0 aromatic carbocycles. The Balaban J connectivity index is 1.84. The van der Waals surface area contributed by atoms with Gasteiger partial charge in [-0.05, 0) is 0 Å². The lowest BCUT2D eigenvalue weighted by Gasteiger charge is -2.40. The molecule has 0 aromatic rings. The molecule has 2 heterocycles. The van der Waals surface area contributed by atoms with Gasteiger partial charge < -0.3 is 20.5 Å². The van der Waals surface area contributed by atoms with E-state index in [0.29, 0.717) is 26.3 Å². The Kier molecular flexibility index (Phi) is 2.71. The van der Waals surface area contributed by atoms with Crippen LogP contribution >= 0.6 is 0 Å². The summed E-state index contributed by atoms with van der Waals surface area (Å²) < 4.78 is 5.14. The van der Waals surface area contributed by atoms with E-state index in [0.717, 1.165) is 0 Å². The second-order valence-corrected chi connectivity index (χ2v) is 4.10. The third-order valence-corrected chi connectivity index (χ3v) is 2.97. The second-order valence-electron chi connectivity index (χ2n) is 4.10. The molecule has 2 fully saturated rings. The minimum Gasteiger partial charge on any atom is -0.396 e. The van der Waals surface area contributed by atoms with Crippen molar-refractivity contribution >= 4 is 5.91 Å². The van der Waals surface area contributed by atoms with Crippen LogP contribution in [0.5, 0.6) is 0 Å². The number of hydrogen-bond donors (Lipinski definition) is 2. The third kappa shape index (κ3) is 1.63. The minimum absolute atomic E-state index is 0.0831. The molecule has 3 N–H and O–H groups in total. The third-order valence-electron chi connectivity index (χ3n) is 2.97. The molecule has 2 aliphatic rings. The Bertz CT molecular complexity index is 228. The molecule has 0 saturated carbocycles. The van der Waals surface area contributed by atoms with Gasteiger partial charge in [0.2, 0.25) is 5.91 Å². The number of nitrogens with zero attached hydrogens (tertiary/aromatic N) is 1. The van der Waals surface area contributed by atoms with Crippen LogP contribution in [0.1, 0.15) is 0 Å². The molecule has 5 nitrogen and oxygen atoms in total. The smallest absolute Gasteiger partial charge is 0.229 e. The SMILES string of the molecule is NC1COCC1C(=O)N1CC(CO)C1. The molecule has 0 radical (unpaired) electrons. The van der Waals surface area contributed by atoms with Crippen LogP contribution in [0.4, 0.5) is 0 Å². The average molecular weight is 200 g/mol. The van der Waals surface area contributed by atoms with Gasteiger partial charge >= 0.3 is 0 Å². The number of aliphatic hydroxyl groups excluding tert-OH is 1. The first-order chi connectivity index (χ1) is 6.72. The zero-order chi connectivity index (χ0) is 10.1. The molecular formula is C9H16N2O3. The molecule has 0 aromatic heterocycles. The highest BCUT2D eigenvalue weighted by atomic mass is 16.5. The molecule has 2 aliphatic heterocycles. The van der Waals surface area contributed by atoms with Crippen LogP contribution in [0, 0.1) is 11.8 Å². The van der Waals surface area contributed by atoms with E-state index in [1.165, 1.54) is 0 Å². The van der Waals surface area contributed by atoms with Gasteiger partial charge in [0.25, 0.3) is 0 Å². The van der Waals surface area contributed by atoms with E-state index >= 15 is 0 Å². The quantitative estimate of drug-likeness (QED) is 0.563. The molecule has 0 bridgehead atoms. The van der Waals surface area contributed by atoms with E-state index < -0.39 is 0 Å². The first-order valence-electron chi connectivity index (χ1n) is 4.95. The van der Waals surface area contributed by atoms with Gasteiger partial charge in [0.05, 0.1) is 19.1 Å². The van der Waals surface area contributed by atoms with Crippen LogP contribution in [0.15, 0.2) is 0 Å². The van der Waals surface area contributed by atoms with Crippen LogP contribution in [0.3, 0.4) is 0 Å². The summed E-state index contributed by atoms with van der Waals surface area (Å²) in [4.78, 5) is 13.5. The van der Waals surface area contributed by atoms with Gasteiger partial charge in [-0.2, -0.15) is 0 Å². The number of carbonyl (C=O) groups is 1. The lowest BCUT2D eigenvalue weighted by molar-refractivity contribution is -0.143. The Morgan fingerprint density at radius 1 is 1.50 bits per heavy atom. The van der Waals surface area contributed by atoms with Crippen LogP contribution in [0.2, 0.25) is 0 Å². The lowest BCUT2D eigenvalue weighted by Crippen LogP contribution is -2.55. The predicted molar refractivity (Wildman–Crippen MR) is 49.4 cm³/mol. The summed E-state index contributed by atoms with van der Waals surface area (Å²) in [5.74, 6) is 0.173. The Morgan fingerprint density at radius 3 is 2.71 bits per heavy atom. The Morgan fingerprint density at radius 2 is 2.21 bits per heavy atom. The maximum Gasteiger partial charge on any atom is 0.229 e. The van der Waals surface area contributed by atoms with Gasteiger partial charge in [-0.3, -0.25) is 4.79 Å². The summed E-state index contributed by atoms with van der Waals surface area (Å²) in [5, 5.41) is 8.82. The van der Waals surface area contributed by atoms with Crippen molar-refractivity contribution in [2.24, 2.45) is 17.6 Å². The summed E-state index contributed by atoms with van der Waals surface area (Å²) >= 11 is 0. The first-order valence-corrected chi connectivity index (χ1v) is 4.95. The van der Waals surface area contributed by atoms with Crippen molar-refractivity contribution in [2.45, 2.75) is 6.04 Å². The van der Waals surface area contributed by atoms with Crippen LogP contribution < -0.4 is 5.73 Å². The topological polar surface area (TPSA) is 75.8 Å². The van der Waals surface area contributed by atoms with Crippen LogP contribution in [0.25, 0.3) is 0 Å². The van der Waals surface area contributed by atoms with E-state index in [-0.39, 0.29) is 30.4 Å². The predicted octanol–water partition coefficient (Wildman–Crippen LogP) is -1.59. The molecule has 5 heteroatoms. The standard InChI is InChI=1S/C9H16N2O3/c10-8-5-14-4-7(8)9(13)11-1-6(2-11)3-12/h6-8,12H,1-5,10H2. The molecule has 0 aliphatic carbocycles. The zero-order valence-corrected chi connectivity index (χ0v) is 8.06. The minimum atomic E-state index is -0.172. The van der Waals surface area contributed by atoms with Crippen molar-refractivity contribution in [3.63, 3.8) is 0 Å². The van der Waals surface area contributed by atoms with Gasteiger partial charge in [0.15, 0.2) is 0 Å². The highest BCUT2D eigenvalue weighted by Gasteiger charge is 2.38. The van der Waals surface area contributed by atoms with Gasteiger partial charge in [0, 0.05) is 31.7 Å². The normalized spacial score (nSPS) is 33.1. The van der Waals surface area contributed by atoms with Crippen molar-refractivity contribution in [1.29, 1.82) is 0 Å². The number of nitrogens with two attached hydrogens (primary N) is 1. The molecule has 2 unspecified atom stereocenters. The molecule has 14 heavy (non-hydrogen) atoms. The molecule has 1 amide bonds. The highest BCUT2D eigenvalue weighted by molar-refractivity contribution is 5.80. The molecule has 80 valence electrons. The first kappa shape index (κ1) is 9.89. The monoisotopic (exact) mass is 200 g/mol. The van der Waals surface area contributed by atoms with Gasteiger partial charge in [-0.15, -0.1) is 0 Å². The van der Waals surface area contributed by atoms with Gasteiger partial charge in [-0.1, -0.05) is 0 Å². The molecule has 2 rings (SSSR count). The van der Waals surface area contributed by atoms with Crippen LogP contribution in [-0.4, -0.2) is 54.9 Å². The van der Waals surface area contributed by atoms with Gasteiger partial charge in [-0.25, -0.2) is 0 Å². The lowest BCUT2D eigenvalue weighted by atomic mass is 9.96. The maximum atomic E-state index is 11.8. The fourth-order valence-corrected chi connectivity index (χ4v) is 1.93. The Labute approximate surface area is 82.8 Å². The maximum absolute atomic E-state index is 11.8. The molecule has 2 saturated heterocycles. The number of rotatable bonds is 2. The Hall–Kier alpha value is -0.650. The van der Waals surface area contributed by atoms with E-state index in [2.05, 4.69) is 0 Å². The fraction of sp³-hybridized carbons (Fsp3) is 0.889.